The second-order valence-corrected chi connectivity index (χ2v) is 4.08. The summed E-state index contributed by atoms with van der Waals surface area (Å²) in [5, 5.41) is 12.6. The van der Waals surface area contributed by atoms with Crippen molar-refractivity contribution >= 4 is 11.9 Å². The monoisotopic (exact) mass is 260 g/mol. The van der Waals surface area contributed by atoms with E-state index >= 15 is 0 Å². The van der Waals surface area contributed by atoms with Gasteiger partial charge in [0.25, 0.3) is 0 Å². The number of nitrogens with one attached hydrogen (secondary N) is 3. The number of aryl methyl sites for hydroxylation is 1. The van der Waals surface area contributed by atoms with Gasteiger partial charge < -0.3 is 10.6 Å². The Hall–Kier alpha value is -2.44. The largest absolute Gasteiger partial charge is 0.355 e. The third-order valence-corrected chi connectivity index (χ3v) is 2.54. The molecule has 2 aromatic heterocycles. The second kappa shape index (κ2) is 5.94. The number of aromatic amines is 1. The van der Waals surface area contributed by atoms with Crippen molar-refractivity contribution in [3.8, 4) is 11.3 Å². The van der Waals surface area contributed by atoms with Gasteiger partial charge in [-0.3, -0.25) is 9.89 Å². The molecular weight excluding hydrogens is 244 g/mol. The number of hydrogen-bond donors (Lipinski definition) is 3. The molecule has 19 heavy (non-hydrogen) atoms. The summed E-state index contributed by atoms with van der Waals surface area (Å²) in [5.74, 6) is 0.481. The molecule has 0 radical (unpaired) electrons. The number of aromatic nitrogens is 4. The topological polar surface area (TPSA) is 95.6 Å². The predicted octanol–water partition coefficient (Wildman–Crippen LogP) is 0.723. The average Bonchev–Trinajstić information content (AvgIpc) is 2.81. The number of carbonyl (C=O) groups is 1. The van der Waals surface area contributed by atoms with Crippen molar-refractivity contribution in [3.63, 3.8) is 0 Å². The molecular formula is C12H16N6O. The van der Waals surface area contributed by atoms with Crippen LogP contribution >= 0.6 is 0 Å². The Labute approximate surface area is 110 Å². The summed E-state index contributed by atoms with van der Waals surface area (Å²) >= 11 is 0. The number of H-pyrrole nitrogens is 1. The number of hydrogen-bond acceptors (Lipinski definition) is 5. The van der Waals surface area contributed by atoms with E-state index in [9.17, 15) is 4.79 Å². The SMILES string of the molecule is CC(=O)NCCNc1nccc(-c2cn[nH]c2C)n1. The number of anilines is 1. The molecule has 2 rings (SSSR count). The molecule has 100 valence electrons. The summed E-state index contributed by atoms with van der Waals surface area (Å²) in [6, 6.07) is 1.83. The molecule has 0 atom stereocenters. The first-order valence-electron chi connectivity index (χ1n) is 5.98. The minimum absolute atomic E-state index is 0.0505. The van der Waals surface area contributed by atoms with Crippen LogP contribution in [0.4, 0.5) is 5.95 Å². The fraction of sp³-hybridized carbons (Fsp3) is 0.333. The molecule has 7 heteroatoms. The highest BCUT2D eigenvalue weighted by atomic mass is 16.1. The van der Waals surface area contributed by atoms with Crippen molar-refractivity contribution < 1.29 is 4.79 Å². The lowest BCUT2D eigenvalue weighted by atomic mass is 10.2. The minimum Gasteiger partial charge on any atom is -0.355 e. The van der Waals surface area contributed by atoms with Crippen LogP contribution in [0.15, 0.2) is 18.5 Å². The summed E-state index contributed by atoms with van der Waals surface area (Å²) in [5.41, 5.74) is 2.72. The zero-order valence-electron chi connectivity index (χ0n) is 10.9. The van der Waals surface area contributed by atoms with Gasteiger partial charge in [0.05, 0.1) is 11.9 Å². The number of carbonyl (C=O) groups excluding carboxylic acids is 1. The first kappa shape index (κ1) is 13.0. The van der Waals surface area contributed by atoms with Gasteiger partial charge in [-0.1, -0.05) is 0 Å². The first-order chi connectivity index (χ1) is 9.16. The third-order valence-electron chi connectivity index (χ3n) is 2.54. The Bertz CT molecular complexity index is 565. The van der Waals surface area contributed by atoms with Crippen molar-refractivity contribution in [2.24, 2.45) is 0 Å². The zero-order chi connectivity index (χ0) is 13.7. The third kappa shape index (κ3) is 3.51. The summed E-state index contributed by atoms with van der Waals surface area (Å²) in [7, 11) is 0. The van der Waals surface area contributed by atoms with Gasteiger partial charge in [-0.05, 0) is 13.0 Å². The maximum atomic E-state index is 10.7. The highest BCUT2D eigenvalue weighted by molar-refractivity contribution is 5.72. The zero-order valence-corrected chi connectivity index (χ0v) is 10.9. The lowest BCUT2D eigenvalue weighted by Crippen LogP contribution is -2.26. The highest BCUT2D eigenvalue weighted by Crippen LogP contribution is 2.19. The van der Waals surface area contributed by atoms with E-state index in [1.165, 1.54) is 6.92 Å². The van der Waals surface area contributed by atoms with Crippen molar-refractivity contribution in [1.82, 2.24) is 25.5 Å². The Balaban J connectivity index is 2.00. The Kier molecular flexibility index (Phi) is 4.07. The van der Waals surface area contributed by atoms with Gasteiger partial charge in [-0.15, -0.1) is 0 Å². The van der Waals surface area contributed by atoms with Crippen LogP contribution < -0.4 is 10.6 Å². The summed E-state index contributed by atoms with van der Waals surface area (Å²) in [4.78, 5) is 19.2. The lowest BCUT2D eigenvalue weighted by Gasteiger charge is -2.06. The van der Waals surface area contributed by atoms with Crippen molar-refractivity contribution in [1.29, 1.82) is 0 Å². The van der Waals surface area contributed by atoms with E-state index in [2.05, 4.69) is 30.8 Å². The number of nitrogens with zero attached hydrogens (tertiary/aromatic N) is 3. The fourth-order valence-corrected chi connectivity index (χ4v) is 1.62. The van der Waals surface area contributed by atoms with E-state index in [1.54, 1.807) is 12.4 Å². The van der Waals surface area contributed by atoms with Gasteiger partial charge in [0.1, 0.15) is 0 Å². The molecule has 1 amide bonds. The molecule has 0 aliphatic carbocycles. The van der Waals surface area contributed by atoms with E-state index in [0.29, 0.717) is 19.0 Å². The molecule has 0 spiro atoms. The van der Waals surface area contributed by atoms with Gasteiger partial charge in [-0.2, -0.15) is 5.10 Å². The summed E-state index contributed by atoms with van der Waals surface area (Å²) in [6.45, 7) is 4.54. The van der Waals surface area contributed by atoms with E-state index in [1.807, 2.05) is 13.0 Å². The van der Waals surface area contributed by atoms with Crippen LogP contribution in [0.5, 0.6) is 0 Å². The van der Waals surface area contributed by atoms with Gasteiger partial charge in [0.15, 0.2) is 0 Å². The first-order valence-corrected chi connectivity index (χ1v) is 5.98. The van der Waals surface area contributed by atoms with Crippen LogP contribution in [-0.4, -0.2) is 39.2 Å². The Morgan fingerprint density at radius 2 is 2.26 bits per heavy atom. The molecule has 0 bridgehead atoms. The molecule has 0 saturated heterocycles. The fourth-order valence-electron chi connectivity index (χ4n) is 1.62. The highest BCUT2D eigenvalue weighted by Gasteiger charge is 2.06. The molecule has 0 aliphatic heterocycles. The van der Waals surface area contributed by atoms with E-state index < -0.39 is 0 Å². The summed E-state index contributed by atoms with van der Waals surface area (Å²) in [6.07, 6.45) is 3.42. The van der Waals surface area contributed by atoms with Crippen LogP contribution in [0.2, 0.25) is 0 Å². The van der Waals surface area contributed by atoms with Crippen LogP contribution in [0.1, 0.15) is 12.6 Å². The predicted molar refractivity (Wildman–Crippen MR) is 71.5 cm³/mol. The van der Waals surface area contributed by atoms with Crippen LogP contribution in [0.3, 0.4) is 0 Å². The minimum atomic E-state index is -0.0505. The van der Waals surface area contributed by atoms with Crippen LogP contribution in [0.25, 0.3) is 11.3 Å². The van der Waals surface area contributed by atoms with Gasteiger partial charge in [-0.25, -0.2) is 9.97 Å². The van der Waals surface area contributed by atoms with Crippen LogP contribution in [0, 0.1) is 6.92 Å². The van der Waals surface area contributed by atoms with E-state index in [4.69, 9.17) is 0 Å². The van der Waals surface area contributed by atoms with E-state index in [-0.39, 0.29) is 5.91 Å². The quantitative estimate of drug-likeness (QED) is 0.688. The van der Waals surface area contributed by atoms with Crippen molar-refractivity contribution in [2.45, 2.75) is 13.8 Å². The molecule has 0 saturated carbocycles. The smallest absolute Gasteiger partial charge is 0.223 e. The lowest BCUT2D eigenvalue weighted by molar-refractivity contribution is -0.118. The molecule has 2 heterocycles. The molecule has 7 nitrogen and oxygen atoms in total. The molecule has 3 N–H and O–H groups in total. The van der Waals surface area contributed by atoms with Gasteiger partial charge >= 0.3 is 0 Å². The molecule has 0 unspecified atom stereocenters. The van der Waals surface area contributed by atoms with Crippen molar-refractivity contribution in [3.05, 3.63) is 24.2 Å². The molecule has 0 aliphatic rings. The standard InChI is InChI=1S/C12H16N6O/c1-8-10(7-16-18-8)11-3-4-14-12(17-11)15-6-5-13-9(2)19/h3-4,7H,5-6H2,1-2H3,(H,13,19)(H,16,18)(H,14,15,17). The van der Waals surface area contributed by atoms with Gasteiger partial charge in [0, 0.05) is 37.5 Å². The van der Waals surface area contributed by atoms with Gasteiger partial charge in [0.2, 0.25) is 11.9 Å². The Morgan fingerprint density at radius 1 is 1.42 bits per heavy atom. The van der Waals surface area contributed by atoms with Crippen molar-refractivity contribution in [2.75, 3.05) is 18.4 Å². The van der Waals surface area contributed by atoms with Crippen LogP contribution in [-0.2, 0) is 4.79 Å². The van der Waals surface area contributed by atoms with E-state index in [0.717, 1.165) is 17.0 Å². The Morgan fingerprint density at radius 3 is 2.95 bits per heavy atom. The number of amides is 1. The average molecular weight is 260 g/mol. The summed E-state index contributed by atoms with van der Waals surface area (Å²) < 4.78 is 0. The maximum Gasteiger partial charge on any atom is 0.223 e. The molecule has 2 aromatic rings. The second-order valence-electron chi connectivity index (χ2n) is 4.08. The number of rotatable bonds is 5. The normalized spacial score (nSPS) is 10.2. The maximum absolute atomic E-state index is 10.7. The molecule has 0 fully saturated rings. The molecule has 0 aromatic carbocycles.